The Morgan fingerprint density at radius 1 is 1.06 bits per heavy atom. The molecular weight excluding hydrogens is 253 g/mol. The maximum absolute atomic E-state index is 12.2. The number of hydrogen-bond acceptors (Lipinski definition) is 3. The number of ketones is 1. The van der Waals surface area contributed by atoms with Crippen molar-refractivity contribution in [1.82, 2.24) is 0 Å². The second-order valence-corrected chi connectivity index (χ2v) is 3.27. The average Bonchev–Trinajstić information content (AvgIpc) is 2.27. The molecule has 0 aliphatic rings. The van der Waals surface area contributed by atoms with Gasteiger partial charge in [-0.2, -0.15) is 13.2 Å². The van der Waals surface area contributed by atoms with E-state index in [0.29, 0.717) is 18.2 Å². The number of carbonyl (C=O) groups excluding carboxylic acids is 1. The van der Waals surface area contributed by atoms with Gasteiger partial charge in [-0.3, -0.25) is 4.79 Å². The fraction of sp³-hybridized carbons (Fsp3) is 0.0909. The highest BCUT2D eigenvalue weighted by molar-refractivity contribution is 6.07. The van der Waals surface area contributed by atoms with Crippen molar-refractivity contribution >= 4 is 11.8 Å². The number of aliphatic hydroxyl groups is 1. The van der Waals surface area contributed by atoms with Gasteiger partial charge in [0, 0.05) is 11.6 Å². The number of allylic oxidation sites excluding steroid dienone is 1. The number of benzene rings is 1. The van der Waals surface area contributed by atoms with E-state index in [1.807, 2.05) is 0 Å². The number of aliphatic hydroxyl groups excluding tert-OH is 1. The molecule has 0 aromatic heterocycles. The third-order valence-electron chi connectivity index (χ3n) is 1.98. The first-order valence-electron chi connectivity index (χ1n) is 4.57. The number of halogens is 3. The highest BCUT2D eigenvalue weighted by atomic mass is 19.4. The molecule has 0 saturated carbocycles. The van der Waals surface area contributed by atoms with E-state index in [9.17, 15) is 22.8 Å². The summed E-state index contributed by atoms with van der Waals surface area (Å²) in [6.07, 6.45) is -4.09. The fourth-order valence-corrected chi connectivity index (χ4v) is 1.09. The van der Waals surface area contributed by atoms with Crippen LogP contribution in [0.15, 0.2) is 36.1 Å². The Kier molecular flexibility index (Phi) is 3.75. The Bertz CT molecular complexity index is 500. The minimum absolute atomic E-state index is 0.157. The van der Waals surface area contributed by atoms with E-state index in [4.69, 9.17) is 10.2 Å². The third-order valence-corrected chi connectivity index (χ3v) is 1.98. The number of rotatable bonds is 3. The fourth-order valence-electron chi connectivity index (χ4n) is 1.09. The molecule has 0 spiro atoms. The molecule has 0 unspecified atom stereocenters. The van der Waals surface area contributed by atoms with E-state index in [-0.39, 0.29) is 5.56 Å². The molecular formula is C11H7F3O4. The van der Waals surface area contributed by atoms with Crippen molar-refractivity contribution in [3.8, 4) is 0 Å². The topological polar surface area (TPSA) is 74.6 Å². The summed E-state index contributed by atoms with van der Waals surface area (Å²) >= 11 is 0. The molecule has 1 aromatic rings. The van der Waals surface area contributed by atoms with Gasteiger partial charge in [0.2, 0.25) is 5.76 Å². The summed E-state index contributed by atoms with van der Waals surface area (Å²) in [6, 6.07) is 3.19. The van der Waals surface area contributed by atoms with Gasteiger partial charge < -0.3 is 10.2 Å². The molecule has 0 aliphatic heterocycles. The van der Waals surface area contributed by atoms with Crippen LogP contribution < -0.4 is 0 Å². The Hall–Kier alpha value is -2.31. The lowest BCUT2D eigenvalue weighted by Crippen LogP contribution is -2.06. The molecule has 0 amide bonds. The molecule has 0 fully saturated rings. The highest BCUT2D eigenvalue weighted by Crippen LogP contribution is 2.29. The van der Waals surface area contributed by atoms with Gasteiger partial charge in [-0.15, -0.1) is 0 Å². The highest BCUT2D eigenvalue weighted by Gasteiger charge is 2.30. The number of carbonyl (C=O) groups is 2. The van der Waals surface area contributed by atoms with Crippen molar-refractivity contribution in [2.75, 3.05) is 0 Å². The first-order valence-corrected chi connectivity index (χ1v) is 4.57. The van der Waals surface area contributed by atoms with Crippen LogP contribution in [0, 0.1) is 0 Å². The third kappa shape index (κ3) is 3.34. The summed E-state index contributed by atoms with van der Waals surface area (Å²) in [5.74, 6) is -3.78. The van der Waals surface area contributed by atoms with E-state index >= 15 is 0 Å². The summed E-state index contributed by atoms with van der Waals surface area (Å²) in [5, 5.41) is 17.1. The van der Waals surface area contributed by atoms with E-state index in [1.54, 1.807) is 0 Å². The van der Waals surface area contributed by atoms with Crippen LogP contribution >= 0.6 is 0 Å². The smallest absolute Gasteiger partial charge is 0.416 e. The van der Waals surface area contributed by atoms with Crippen LogP contribution in [0.5, 0.6) is 0 Å². The number of aliphatic carboxylic acids is 1. The Morgan fingerprint density at radius 3 is 1.94 bits per heavy atom. The van der Waals surface area contributed by atoms with Crippen molar-refractivity contribution < 1.29 is 33.0 Å². The Balaban J connectivity index is 2.97. The van der Waals surface area contributed by atoms with Crippen LogP contribution in [-0.2, 0) is 11.0 Å². The molecule has 0 heterocycles. The van der Waals surface area contributed by atoms with Gasteiger partial charge in [-0.25, -0.2) is 4.79 Å². The van der Waals surface area contributed by atoms with Gasteiger partial charge in [0.1, 0.15) is 0 Å². The molecule has 18 heavy (non-hydrogen) atoms. The van der Waals surface area contributed by atoms with Crippen LogP contribution in [0.2, 0.25) is 0 Å². The Morgan fingerprint density at radius 2 is 1.56 bits per heavy atom. The van der Waals surface area contributed by atoms with Gasteiger partial charge in [0.05, 0.1) is 5.56 Å². The molecule has 0 aliphatic carbocycles. The van der Waals surface area contributed by atoms with Crippen molar-refractivity contribution in [2.24, 2.45) is 0 Å². The lowest BCUT2D eigenvalue weighted by Gasteiger charge is -2.06. The molecule has 1 rings (SSSR count). The van der Waals surface area contributed by atoms with Crippen molar-refractivity contribution in [2.45, 2.75) is 6.18 Å². The zero-order valence-electron chi connectivity index (χ0n) is 8.73. The molecule has 0 saturated heterocycles. The number of alkyl halides is 3. The van der Waals surface area contributed by atoms with Crippen LogP contribution in [0.4, 0.5) is 13.2 Å². The maximum atomic E-state index is 12.2. The van der Waals surface area contributed by atoms with Crippen molar-refractivity contribution in [1.29, 1.82) is 0 Å². The largest absolute Gasteiger partial charge is 0.502 e. The molecule has 7 heteroatoms. The van der Waals surface area contributed by atoms with E-state index in [0.717, 1.165) is 12.1 Å². The summed E-state index contributed by atoms with van der Waals surface area (Å²) in [7, 11) is 0. The summed E-state index contributed by atoms with van der Waals surface area (Å²) < 4.78 is 36.7. The SMILES string of the molecule is O=C(O)/C(O)=C/C(=O)c1ccc(C(F)(F)F)cc1. The van der Waals surface area contributed by atoms with Crippen molar-refractivity contribution in [3.05, 3.63) is 47.2 Å². The first kappa shape index (κ1) is 13.8. The molecule has 4 nitrogen and oxygen atoms in total. The quantitative estimate of drug-likeness (QED) is 0.497. The Labute approximate surface area is 99.0 Å². The minimum atomic E-state index is -4.51. The van der Waals surface area contributed by atoms with Gasteiger partial charge in [0.15, 0.2) is 5.78 Å². The lowest BCUT2D eigenvalue weighted by atomic mass is 10.1. The normalized spacial score (nSPS) is 12.3. The van der Waals surface area contributed by atoms with E-state index in [1.165, 1.54) is 0 Å². The summed E-state index contributed by atoms with van der Waals surface area (Å²) in [6.45, 7) is 0. The lowest BCUT2D eigenvalue weighted by molar-refractivity contribution is -0.137. The first-order chi connectivity index (χ1) is 8.21. The molecule has 1 aromatic carbocycles. The van der Waals surface area contributed by atoms with E-state index in [2.05, 4.69) is 0 Å². The molecule has 0 atom stereocenters. The zero-order chi connectivity index (χ0) is 13.9. The second kappa shape index (κ2) is 4.91. The number of hydrogen-bond donors (Lipinski definition) is 2. The average molecular weight is 260 g/mol. The number of carboxylic acids is 1. The van der Waals surface area contributed by atoms with E-state index < -0.39 is 29.3 Å². The molecule has 0 bridgehead atoms. The van der Waals surface area contributed by atoms with Gasteiger partial charge in [-0.05, 0) is 12.1 Å². The van der Waals surface area contributed by atoms with Gasteiger partial charge in [0.25, 0.3) is 0 Å². The monoisotopic (exact) mass is 260 g/mol. The van der Waals surface area contributed by atoms with Crippen LogP contribution in [-0.4, -0.2) is 22.0 Å². The predicted molar refractivity (Wildman–Crippen MR) is 54.1 cm³/mol. The number of carboxylic acid groups (broad SMARTS) is 1. The molecule has 2 N–H and O–H groups in total. The predicted octanol–water partition coefficient (Wildman–Crippen LogP) is 2.41. The van der Waals surface area contributed by atoms with Crippen LogP contribution in [0.3, 0.4) is 0 Å². The minimum Gasteiger partial charge on any atom is -0.502 e. The van der Waals surface area contributed by atoms with Gasteiger partial charge in [-0.1, -0.05) is 12.1 Å². The standard InChI is InChI=1S/C11H7F3O4/c12-11(13,14)7-3-1-6(2-4-7)8(15)5-9(16)10(17)18/h1-5,16H,(H,17,18)/b9-5-. The van der Waals surface area contributed by atoms with Gasteiger partial charge >= 0.3 is 12.1 Å². The maximum Gasteiger partial charge on any atom is 0.416 e. The molecule has 96 valence electrons. The van der Waals surface area contributed by atoms with Crippen LogP contribution in [0.1, 0.15) is 15.9 Å². The van der Waals surface area contributed by atoms with Crippen molar-refractivity contribution in [3.63, 3.8) is 0 Å². The molecule has 0 radical (unpaired) electrons. The second-order valence-electron chi connectivity index (χ2n) is 3.27. The summed E-state index contributed by atoms with van der Waals surface area (Å²) in [5.41, 5.74) is -1.08. The zero-order valence-corrected chi connectivity index (χ0v) is 8.73. The van der Waals surface area contributed by atoms with Crippen LogP contribution in [0.25, 0.3) is 0 Å². The summed E-state index contributed by atoms with van der Waals surface area (Å²) in [4.78, 5) is 21.6.